The molecule has 0 aliphatic heterocycles. The molecular formula is C27H26ClF3N6O2. The number of benzene rings is 1. The molecule has 0 spiro atoms. The average molecular weight is 559 g/mol. The number of para-hydroxylation sites is 2. The van der Waals surface area contributed by atoms with Gasteiger partial charge < -0.3 is 10.6 Å². The number of anilines is 1. The van der Waals surface area contributed by atoms with Crippen molar-refractivity contribution >= 4 is 34.4 Å². The van der Waals surface area contributed by atoms with Crippen LogP contribution >= 0.6 is 11.6 Å². The van der Waals surface area contributed by atoms with E-state index in [1.165, 1.54) is 0 Å². The van der Waals surface area contributed by atoms with E-state index in [4.69, 9.17) is 11.6 Å². The van der Waals surface area contributed by atoms with E-state index in [0.29, 0.717) is 43.7 Å². The van der Waals surface area contributed by atoms with Crippen molar-refractivity contribution in [2.24, 2.45) is 5.92 Å². The van der Waals surface area contributed by atoms with Crippen LogP contribution in [0.2, 0.25) is 5.02 Å². The van der Waals surface area contributed by atoms with Gasteiger partial charge in [0.2, 0.25) is 0 Å². The Bertz CT molecular complexity index is 1570. The van der Waals surface area contributed by atoms with E-state index >= 15 is 0 Å². The van der Waals surface area contributed by atoms with Gasteiger partial charge in [-0.1, -0.05) is 23.7 Å². The van der Waals surface area contributed by atoms with Crippen LogP contribution < -0.4 is 16.3 Å². The lowest BCUT2D eigenvalue weighted by Crippen LogP contribution is -2.39. The van der Waals surface area contributed by atoms with Crippen molar-refractivity contribution in [2.75, 3.05) is 12.4 Å². The van der Waals surface area contributed by atoms with Gasteiger partial charge in [-0.3, -0.25) is 13.9 Å². The Morgan fingerprint density at radius 1 is 1.08 bits per heavy atom. The second-order valence-corrected chi connectivity index (χ2v) is 10.0. The monoisotopic (exact) mass is 558 g/mol. The number of aromatic nitrogens is 4. The fourth-order valence-corrected chi connectivity index (χ4v) is 5.34. The van der Waals surface area contributed by atoms with Crippen molar-refractivity contribution in [1.82, 2.24) is 24.4 Å². The molecule has 1 aliphatic carbocycles. The van der Waals surface area contributed by atoms with Crippen LogP contribution in [0.1, 0.15) is 41.7 Å². The summed E-state index contributed by atoms with van der Waals surface area (Å²) >= 11 is 5.81. The summed E-state index contributed by atoms with van der Waals surface area (Å²) in [7, 11) is 1.76. The molecule has 1 amide bonds. The van der Waals surface area contributed by atoms with Gasteiger partial charge in [0.15, 0.2) is 5.69 Å². The SMILES string of the molecule is CNc1cc(-n2c(=O)n(CC3CCC(NC(=O)c4cc(Cl)cnc4C(F)(F)F)CC3)c3ccccc32)ccn1. The van der Waals surface area contributed by atoms with Crippen molar-refractivity contribution in [1.29, 1.82) is 0 Å². The van der Waals surface area contributed by atoms with Crippen molar-refractivity contribution in [3.8, 4) is 5.69 Å². The molecule has 4 aromatic rings. The van der Waals surface area contributed by atoms with Gasteiger partial charge in [-0.05, 0) is 55.9 Å². The molecule has 0 bridgehead atoms. The van der Waals surface area contributed by atoms with E-state index in [1.54, 1.807) is 28.4 Å². The standard InChI is InChI=1S/C27H26ClF3N6O2/c1-32-23-13-19(10-11-33-23)37-22-5-3-2-4-21(22)36(26(37)39)15-16-6-8-18(9-7-16)35-25(38)20-12-17(28)14-34-24(20)27(29,30)31/h2-5,10-14,16,18H,6-9,15H2,1H3,(H,32,33)(H,35,38). The molecule has 204 valence electrons. The van der Waals surface area contributed by atoms with E-state index < -0.39 is 23.3 Å². The van der Waals surface area contributed by atoms with Gasteiger partial charge in [-0.25, -0.2) is 14.8 Å². The smallest absolute Gasteiger partial charge is 0.373 e. The lowest BCUT2D eigenvalue weighted by Gasteiger charge is -2.29. The molecular weight excluding hydrogens is 533 g/mol. The van der Waals surface area contributed by atoms with Crippen LogP contribution in [-0.4, -0.2) is 38.1 Å². The number of fused-ring (bicyclic) bond motifs is 1. The van der Waals surface area contributed by atoms with Crippen LogP contribution in [0.4, 0.5) is 19.0 Å². The normalized spacial score (nSPS) is 17.8. The quantitative estimate of drug-likeness (QED) is 0.336. The van der Waals surface area contributed by atoms with E-state index in [-0.39, 0.29) is 22.7 Å². The Morgan fingerprint density at radius 2 is 1.79 bits per heavy atom. The van der Waals surface area contributed by atoms with Crippen molar-refractivity contribution < 1.29 is 18.0 Å². The highest BCUT2D eigenvalue weighted by atomic mass is 35.5. The molecule has 1 aromatic carbocycles. The van der Waals surface area contributed by atoms with Crippen molar-refractivity contribution in [2.45, 2.75) is 44.4 Å². The third kappa shape index (κ3) is 5.49. The Kier molecular flexibility index (Phi) is 7.35. The molecule has 0 radical (unpaired) electrons. The minimum Gasteiger partial charge on any atom is -0.373 e. The summed E-state index contributed by atoms with van der Waals surface area (Å²) in [5.41, 5.74) is 0.294. The number of halogens is 4. The predicted molar refractivity (Wildman–Crippen MR) is 142 cm³/mol. The lowest BCUT2D eigenvalue weighted by molar-refractivity contribution is -0.141. The number of hydrogen-bond donors (Lipinski definition) is 2. The molecule has 2 N–H and O–H groups in total. The van der Waals surface area contributed by atoms with E-state index in [9.17, 15) is 22.8 Å². The van der Waals surface area contributed by atoms with Crippen LogP contribution in [0.5, 0.6) is 0 Å². The number of hydrogen-bond acceptors (Lipinski definition) is 5. The Balaban J connectivity index is 1.31. The molecule has 5 rings (SSSR count). The number of carbonyl (C=O) groups is 1. The third-order valence-electron chi connectivity index (χ3n) is 7.08. The first-order valence-electron chi connectivity index (χ1n) is 12.5. The van der Waals surface area contributed by atoms with E-state index in [0.717, 1.165) is 23.3 Å². The molecule has 0 saturated heterocycles. The van der Waals surface area contributed by atoms with E-state index in [1.807, 2.05) is 30.3 Å². The zero-order chi connectivity index (χ0) is 27.7. The maximum atomic E-state index is 13.6. The van der Waals surface area contributed by atoms with Crippen LogP contribution in [0.15, 0.2) is 59.7 Å². The summed E-state index contributed by atoms with van der Waals surface area (Å²) in [4.78, 5) is 33.9. The van der Waals surface area contributed by atoms with Crippen LogP contribution in [0.3, 0.4) is 0 Å². The summed E-state index contributed by atoms with van der Waals surface area (Å²) in [6, 6.07) is 11.9. The van der Waals surface area contributed by atoms with Gasteiger partial charge >= 0.3 is 11.9 Å². The molecule has 0 atom stereocenters. The largest absolute Gasteiger partial charge is 0.434 e. The molecule has 3 heterocycles. The highest BCUT2D eigenvalue weighted by Crippen LogP contribution is 2.32. The number of amides is 1. The predicted octanol–water partition coefficient (Wildman–Crippen LogP) is 5.28. The van der Waals surface area contributed by atoms with Gasteiger partial charge in [0, 0.05) is 38.1 Å². The zero-order valence-electron chi connectivity index (χ0n) is 21.0. The second-order valence-electron chi connectivity index (χ2n) is 9.61. The van der Waals surface area contributed by atoms with Crippen LogP contribution in [-0.2, 0) is 12.7 Å². The number of pyridine rings is 2. The number of rotatable bonds is 6. The Hall–Kier alpha value is -3.86. The van der Waals surface area contributed by atoms with Gasteiger partial charge in [-0.15, -0.1) is 0 Å². The lowest BCUT2D eigenvalue weighted by atomic mass is 9.85. The maximum absolute atomic E-state index is 13.6. The van der Waals surface area contributed by atoms with Crippen molar-refractivity contribution in [3.05, 3.63) is 81.6 Å². The first kappa shape index (κ1) is 26.7. The molecule has 8 nitrogen and oxygen atoms in total. The van der Waals surface area contributed by atoms with Gasteiger partial charge in [0.25, 0.3) is 5.91 Å². The number of imidazole rings is 1. The van der Waals surface area contributed by atoms with Gasteiger partial charge in [-0.2, -0.15) is 13.2 Å². The van der Waals surface area contributed by atoms with Crippen molar-refractivity contribution in [3.63, 3.8) is 0 Å². The Labute approximate surface area is 226 Å². The van der Waals surface area contributed by atoms with Crippen LogP contribution in [0.25, 0.3) is 16.7 Å². The molecule has 1 aliphatic rings. The minimum atomic E-state index is -4.77. The molecule has 1 fully saturated rings. The molecule has 0 unspecified atom stereocenters. The number of nitrogens with zero attached hydrogens (tertiary/aromatic N) is 4. The first-order chi connectivity index (χ1) is 18.7. The second kappa shape index (κ2) is 10.7. The highest BCUT2D eigenvalue weighted by Gasteiger charge is 2.38. The highest BCUT2D eigenvalue weighted by molar-refractivity contribution is 6.30. The fraction of sp³-hybridized carbons (Fsp3) is 0.333. The summed E-state index contributed by atoms with van der Waals surface area (Å²) < 4.78 is 43.5. The molecule has 1 saturated carbocycles. The summed E-state index contributed by atoms with van der Waals surface area (Å²) in [5.74, 6) is -0.0372. The summed E-state index contributed by atoms with van der Waals surface area (Å²) in [6.07, 6.45) is 0.314. The first-order valence-corrected chi connectivity index (χ1v) is 12.9. The fourth-order valence-electron chi connectivity index (χ4n) is 5.18. The van der Waals surface area contributed by atoms with Gasteiger partial charge in [0.1, 0.15) is 5.82 Å². The molecule has 3 aromatic heterocycles. The topological polar surface area (TPSA) is 93.8 Å². The molecule has 39 heavy (non-hydrogen) atoms. The van der Waals surface area contributed by atoms with E-state index in [2.05, 4.69) is 20.6 Å². The maximum Gasteiger partial charge on any atom is 0.434 e. The Morgan fingerprint density at radius 3 is 2.49 bits per heavy atom. The third-order valence-corrected chi connectivity index (χ3v) is 7.29. The summed E-state index contributed by atoms with van der Waals surface area (Å²) in [5, 5.41) is 5.66. The summed E-state index contributed by atoms with van der Waals surface area (Å²) in [6.45, 7) is 0.493. The van der Waals surface area contributed by atoms with Crippen LogP contribution in [0, 0.1) is 5.92 Å². The number of nitrogens with one attached hydrogen (secondary N) is 2. The van der Waals surface area contributed by atoms with Gasteiger partial charge in [0.05, 0.1) is 27.3 Å². The number of alkyl halides is 3. The minimum absolute atomic E-state index is 0.0459. The average Bonchev–Trinajstić information content (AvgIpc) is 3.20. The zero-order valence-corrected chi connectivity index (χ0v) is 21.8. The number of carbonyl (C=O) groups excluding carboxylic acids is 1. The molecule has 12 heteroatoms.